The van der Waals surface area contributed by atoms with E-state index in [1.165, 1.54) is 22.6 Å². The lowest BCUT2D eigenvalue weighted by Crippen LogP contribution is -2.48. The predicted molar refractivity (Wildman–Crippen MR) is 125 cm³/mol. The molecule has 0 aliphatic carbocycles. The largest absolute Gasteiger partial charge is 0.349 e. The third-order valence-electron chi connectivity index (χ3n) is 6.08. The van der Waals surface area contributed by atoms with E-state index in [1.807, 2.05) is 4.52 Å². The average Bonchev–Trinajstić information content (AvgIpc) is 3.09. The van der Waals surface area contributed by atoms with E-state index in [9.17, 15) is 0 Å². The molecule has 0 radical (unpaired) electrons. The Morgan fingerprint density at radius 1 is 0.839 bits per heavy atom. The quantitative estimate of drug-likeness (QED) is 0.513. The fourth-order valence-corrected chi connectivity index (χ4v) is 4.44. The van der Waals surface area contributed by atoms with Gasteiger partial charge in [0.2, 0.25) is 0 Å². The van der Waals surface area contributed by atoms with Crippen LogP contribution in [-0.2, 0) is 0 Å². The van der Waals surface area contributed by atoms with Crippen LogP contribution < -0.4 is 14.8 Å². The molecule has 3 aromatic heterocycles. The minimum absolute atomic E-state index is 0.936. The standard InChI is InChI=1S/C25H28N6/c1-17-8-10-21(11-9-17)24-20(4)28-31-23(16-19(3)27-25(24)31)30-14-12-29(13-15-30)22-7-5-6-18(2)26-22/h5-11,16H,12-15H2,1-4H3/p+1. The summed E-state index contributed by atoms with van der Waals surface area (Å²) in [4.78, 5) is 13.2. The summed E-state index contributed by atoms with van der Waals surface area (Å²) in [5.41, 5.74) is 7.69. The second-order valence-electron chi connectivity index (χ2n) is 8.51. The number of pyridine rings is 1. The summed E-state index contributed by atoms with van der Waals surface area (Å²) >= 11 is 0. The lowest BCUT2D eigenvalue weighted by molar-refractivity contribution is -0.373. The van der Waals surface area contributed by atoms with Crippen molar-refractivity contribution >= 4 is 17.3 Å². The number of H-pyrrole nitrogens is 1. The van der Waals surface area contributed by atoms with E-state index < -0.39 is 0 Å². The van der Waals surface area contributed by atoms with Crippen molar-refractivity contribution in [2.75, 3.05) is 36.0 Å². The summed E-state index contributed by atoms with van der Waals surface area (Å²) in [7, 11) is 0. The topological polar surface area (TPSA) is 50.8 Å². The van der Waals surface area contributed by atoms with Crippen LogP contribution in [0.2, 0.25) is 0 Å². The van der Waals surface area contributed by atoms with Crippen molar-refractivity contribution in [1.82, 2.24) is 14.6 Å². The summed E-state index contributed by atoms with van der Waals surface area (Å²) in [5.74, 6) is 2.31. The maximum Gasteiger partial charge on any atom is 0.274 e. The molecule has 0 atom stereocenters. The first-order chi connectivity index (χ1) is 15.0. The van der Waals surface area contributed by atoms with Gasteiger partial charge >= 0.3 is 0 Å². The van der Waals surface area contributed by atoms with E-state index >= 15 is 0 Å². The van der Waals surface area contributed by atoms with Gasteiger partial charge in [0, 0.05) is 23.4 Å². The minimum atomic E-state index is 0.936. The fraction of sp³-hybridized carbons (Fsp3) is 0.320. The SMILES string of the molecule is Cc1ccc(-c2c(C)nn3c(N4CCN(c5cccc(C)[nH+]5)CC4)cc(C)nc23)cc1. The third-order valence-corrected chi connectivity index (χ3v) is 6.08. The molecule has 4 heterocycles. The van der Waals surface area contributed by atoms with Crippen LogP contribution in [0.15, 0.2) is 48.5 Å². The molecule has 6 heteroatoms. The molecule has 1 aliphatic rings. The molecule has 6 nitrogen and oxygen atoms in total. The number of benzene rings is 1. The number of hydrogen-bond acceptors (Lipinski definition) is 4. The van der Waals surface area contributed by atoms with Crippen LogP contribution in [0.5, 0.6) is 0 Å². The Morgan fingerprint density at radius 2 is 1.55 bits per heavy atom. The average molecular weight is 414 g/mol. The van der Waals surface area contributed by atoms with Gasteiger partial charge in [-0.15, -0.1) is 0 Å². The number of aryl methyl sites for hydroxylation is 4. The Morgan fingerprint density at radius 3 is 2.26 bits per heavy atom. The van der Waals surface area contributed by atoms with Crippen LogP contribution >= 0.6 is 0 Å². The highest BCUT2D eigenvalue weighted by Gasteiger charge is 2.26. The number of anilines is 2. The first-order valence-electron chi connectivity index (χ1n) is 10.9. The number of hydrogen-bond donors (Lipinski definition) is 0. The zero-order valence-electron chi connectivity index (χ0n) is 18.7. The highest BCUT2D eigenvalue weighted by molar-refractivity contribution is 5.81. The van der Waals surface area contributed by atoms with Crippen molar-refractivity contribution in [3.63, 3.8) is 0 Å². The summed E-state index contributed by atoms with van der Waals surface area (Å²) in [6.45, 7) is 12.2. The van der Waals surface area contributed by atoms with Gasteiger partial charge in [-0.05, 0) is 39.3 Å². The van der Waals surface area contributed by atoms with Gasteiger partial charge in [0.1, 0.15) is 18.9 Å². The van der Waals surface area contributed by atoms with Crippen molar-refractivity contribution in [1.29, 1.82) is 0 Å². The fourth-order valence-electron chi connectivity index (χ4n) is 4.44. The first-order valence-corrected chi connectivity index (χ1v) is 10.9. The monoisotopic (exact) mass is 413 g/mol. The maximum absolute atomic E-state index is 4.91. The number of nitrogens with zero attached hydrogens (tertiary/aromatic N) is 5. The summed E-state index contributed by atoms with van der Waals surface area (Å²) < 4.78 is 2.03. The lowest BCUT2D eigenvalue weighted by atomic mass is 10.0. The molecular formula is C25H29N6+. The molecule has 1 aromatic carbocycles. The van der Waals surface area contributed by atoms with Crippen molar-refractivity contribution in [3.05, 3.63) is 71.2 Å². The zero-order chi connectivity index (χ0) is 21.5. The number of aromatic amines is 1. The smallest absolute Gasteiger partial charge is 0.274 e. The molecule has 1 fully saturated rings. The molecule has 0 spiro atoms. The van der Waals surface area contributed by atoms with Gasteiger partial charge in [0.05, 0.1) is 24.5 Å². The van der Waals surface area contributed by atoms with E-state index in [-0.39, 0.29) is 0 Å². The van der Waals surface area contributed by atoms with Crippen LogP contribution in [0.1, 0.15) is 22.6 Å². The van der Waals surface area contributed by atoms with E-state index in [0.29, 0.717) is 0 Å². The number of piperazine rings is 1. The van der Waals surface area contributed by atoms with Gasteiger partial charge in [-0.25, -0.2) is 9.97 Å². The minimum Gasteiger partial charge on any atom is -0.349 e. The van der Waals surface area contributed by atoms with Gasteiger partial charge in [-0.3, -0.25) is 4.90 Å². The molecule has 5 rings (SSSR count). The van der Waals surface area contributed by atoms with Crippen LogP contribution in [0, 0.1) is 27.7 Å². The predicted octanol–water partition coefficient (Wildman–Crippen LogP) is 3.77. The Kier molecular flexibility index (Phi) is 4.85. The summed E-state index contributed by atoms with van der Waals surface area (Å²) in [6.07, 6.45) is 0. The van der Waals surface area contributed by atoms with Crippen molar-refractivity contribution in [2.45, 2.75) is 27.7 Å². The summed E-state index contributed by atoms with van der Waals surface area (Å²) in [6, 6.07) is 17.2. The number of fused-ring (bicyclic) bond motifs is 1. The molecule has 0 unspecified atom stereocenters. The van der Waals surface area contributed by atoms with Crippen LogP contribution in [0.3, 0.4) is 0 Å². The van der Waals surface area contributed by atoms with E-state index in [4.69, 9.17) is 10.1 Å². The Hall–Kier alpha value is -3.41. The van der Waals surface area contributed by atoms with Gasteiger partial charge in [0.25, 0.3) is 5.82 Å². The van der Waals surface area contributed by atoms with Crippen LogP contribution in [-0.4, -0.2) is 40.8 Å². The number of nitrogens with one attached hydrogen (secondary N) is 1. The van der Waals surface area contributed by atoms with Gasteiger partial charge in [-0.1, -0.05) is 35.9 Å². The number of aromatic nitrogens is 4. The molecule has 0 bridgehead atoms. The molecule has 31 heavy (non-hydrogen) atoms. The third kappa shape index (κ3) is 3.63. The Balaban J connectivity index is 1.48. The first kappa shape index (κ1) is 19.5. The van der Waals surface area contributed by atoms with Crippen LogP contribution in [0.4, 0.5) is 11.6 Å². The molecule has 4 aromatic rings. The molecule has 1 saturated heterocycles. The van der Waals surface area contributed by atoms with Gasteiger partial charge in [-0.2, -0.15) is 9.61 Å². The Labute approximate surface area is 183 Å². The van der Waals surface area contributed by atoms with Gasteiger partial charge in [0.15, 0.2) is 5.65 Å². The van der Waals surface area contributed by atoms with Gasteiger partial charge < -0.3 is 4.90 Å². The molecule has 0 amide bonds. The Bertz CT molecular complexity index is 1230. The molecule has 158 valence electrons. The highest BCUT2D eigenvalue weighted by atomic mass is 15.4. The zero-order valence-corrected chi connectivity index (χ0v) is 18.7. The molecule has 1 N–H and O–H groups in total. The van der Waals surface area contributed by atoms with Crippen molar-refractivity contribution in [3.8, 4) is 11.1 Å². The maximum atomic E-state index is 4.91. The van der Waals surface area contributed by atoms with E-state index in [2.05, 4.69) is 91.0 Å². The van der Waals surface area contributed by atoms with Crippen molar-refractivity contribution < 1.29 is 4.98 Å². The molecule has 1 aliphatic heterocycles. The van der Waals surface area contributed by atoms with E-state index in [1.54, 1.807) is 0 Å². The lowest BCUT2D eigenvalue weighted by Gasteiger charge is -2.32. The number of rotatable bonds is 3. The summed E-state index contributed by atoms with van der Waals surface area (Å²) in [5, 5.41) is 4.91. The van der Waals surface area contributed by atoms with Crippen LogP contribution in [0.25, 0.3) is 16.8 Å². The second kappa shape index (κ2) is 7.69. The van der Waals surface area contributed by atoms with Crippen molar-refractivity contribution in [2.24, 2.45) is 0 Å². The molecular weight excluding hydrogens is 384 g/mol. The second-order valence-corrected chi connectivity index (χ2v) is 8.51. The molecule has 0 saturated carbocycles. The normalized spacial score (nSPS) is 14.5. The highest BCUT2D eigenvalue weighted by Crippen LogP contribution is 2.31. The van der Waals surface area contributed by atoms with E-state index in [0.717, 1.165) is 54.6 Å².